The molecule has 63 heavy (non-hydrogen) atoms. The Bertz CT molecular complexity index is 2430. The number of aromatic amines is 1. The maximum atomic E-state index is 14.4. The molecule has 1 aromatic heterocycles. The lowest BCUT2D eigenvalue weighted by Gasteiger charge is -2.46. The van der Waals surface area contributed by atoms with Crippen LogP contribution in [-0.2, 0) is 28.7 Å². The number of nitro groups is 1. The van der Waals surface area contributed by atoms with Crippen LogP contribution in [0, 0.1) is 33.2 Å². The third-order valence-electron chi connectivity index (χ3n) is 13.8. The summed E-state index contributed by atoms with van der Waals surface area (Å²) >= 11 is 0. The molecule has 3 unspecified atom stereocenters. The molecule has 1 saturated carbocycles. The summed E-state index contributed by atoms with van der Waals surface area (Å²) in [6.07, 6.45) is 8.87. The molecule has 1 fully saturated rings. The summed E-state index contributed by atoms with van der Waals surface area (Å²) in [5.74, 6) is 1.34. The van der Waals surface area contributed by atoms with Crippen molar-refractivity contribution in [2.24, 2.45) is 17.3 Å². The van der Waals surface area contributed by atoms with E-state index in [0.717, 1.165) is 91.3 Å². The predicted octanol–water partition coefficient (Wildman–Crippen LogP) is 11.1. The van der Waals surface area contributed by atoms with E-state index in [9.17, 15) is 24.1 Å². The van der Waals surface area contributed by atoms with Crippen molar-refractivity contribution in [3.8, 4) is 17.0 Å². The summed E-state index contributed by atoms with van der Waals surface area (Å²) in [4.78, 5) is 43.5. The lowest BCUT2D eigenvalue weighted by Crippen LogP contribution is -2.47. The molecule has 0 spiro atoms. The van der Waals surface area contributed by atoms with Crippen LogP contribution in [-0.4, -0.2) is 72.6 Å². The van der Waals surface area contributed by atoms with Crippen molar-refractivity contribution in [2.45, 2.75) is 90.9 Å². The highest BCUT2D eigenvalue weighted by Crippen LogP contribution is 2.55. The molecule has 4 aromatic carbocycles. The minimum absolute atomic E-state index is 0.00667. The van der Waals surface area contributed by atoms with Gasteiger partial charge in [0.15, 0.2) is 5.78 Å². The SMILES string of the molecule is CCOc1ccc(C(=O)N(CCOCCOCCCCc2ccc(-c3[nH]c4cc(F)cc5c4c3CCCC5=O)cc2)CC(C)(C)C2Cc3ccc([N+](=O)[O-])cc3C3CCCC32)cc1. The molecule has 11 heteroatoms. The van der Waals surface area contributed by atoms with Gasteiger partial charge >= 0.3 is 0 Å². The molecule has 10 nitrogen and oxygen atoms in total. The Balaban J connectivity index is 0.813. The number of benzene rings is 4. The maximum Gasteiger partial charge on any atom is 0.269 e. The number of nitro benzene ring substituents is 1. The molecule has 8 rings (SSSR count). The van der Waals surface area contributed by atoms with E-state index < -0.39 is 5.82 Å². The lowest BCUT2D eigenvalue weighted by atomic mass is 9.61. The zero-order valence-electron chi connectivity index (χ0n) is 36.9. The van der Waals surface area contributed by atoms with Crippen molar-refractivity contribution in [1.29, 1.82) is 0 Å². The number of carbonyl (C=O) groups excluding carboxylic acids is 2. The average Bonchev–Trinajstić information content (AvgIpc) is 3.87. The van der Waals surface area contributed by atoms with E-state index in [-0.39, 0.29) is 27.7 Å². The number of ketones is 1. The van der Waals surface area contributed by atoms with E-state index in [0.29, 0.717) is 86.9 Å². The molecule has 3 atom stereocenters. The van der Waals surface area contributed by atoms with E-state index in [4.69, 9.17) is 14.2 Å². The van der Waals surface area contributed by atoms with E-state index in [1.54, 1.807) is 12.1 Å². The van der Waals surface area contributed by atoms with Crippen molar-refractivity contribution in [1.82, 2.24) is 9.88 Å². The highest BCUT2D eigenvalue weighted by atomic mass is 19.1. The van der Waals surface area contributed by atoms with Crippen LogP contribution in [0.1, 0.15) is 115 Å². The van der Waals surface area contributed by atoms with Crippen LogP contribution in [0.15, 0.2) is 78.9 Å². The molecule has 0 bridgehead atoms. The highest BCUT2D eigenvalue weighted by Gasteiger charge is 2.47. The predicted molar refractivity (Wildman–Crippen MR) is 243 cm³/mol. The van der Waals surface area contributed by atoms with E-state index in [2.05, 4.69) is 43.1 Å². The van der Waals surface area contributed by atoms with Gasteiger partial charge in [0.25, 0.3) is 11.6 Å². The van der Waals surface area contributed by atoms with Gasteiger partial charge in [0.05, 0.1) is 31.4 Å². The van der Waals surface area contributed by atoms with Crippen LogP contribution in [0.25, 0.3) is 22.2 Å². The zero-order chi connectivity index (χ0) is 44.1. The van der Waals surface area contributed by atoms with Crippen molar-refractivity contribution < 1.29 is 33.1 Å². The number of aromatic nitrogens is 1. The molecule has 1 N–H and O–H groups in total. The molecule has 0 aliphatic heterocycles. The van der Waals surface area contributed by atoms with Crippen molar-refractivity contribution in [3.63, 3.8) is 0 Å². The highest BCUT2D eigenvalue weighted by molar-refractivity contribution is 6.11. The zero-order valence-corrected chi connectivity index (χ0v) is 36.9. The van der Waals surface area contributed by atoms with Crippen LogP contribution in [0.3, 0.4) is 0 Å². The second-order valence-corrected chi connectivity index (χ2v) is 18.3. The number of rotatable bonds is 19. The van der Waals surface area contributed by atoms with E-state index in [1.807, 2.05) is 42.2 Å². The van der Waals surface area contributed by atoms with Gasteiger partial charge in [-0.25, -0.2) is 4.39 Å². The third-order valence-corrected chi connectivity index (χ3v) is 13.8. The summed E-state index contributed by atoms with van der Waals surface area (Å²) in [6.45, 7) is 9.97. The minimum Gasteiger partial charge on any atom is -0.494 e. The molecule has 332 valence electrons. The topological polar surface area (TPSA) is 124 Å². The quantitative estimate of drug-likeness (QED) is 0.0498. The fourth-order valence-electron chi connectivity index (χ4n) is 10.7. The summed E-state index contributed by atoms with van der Waals surface area (Å²) in [6, 6.07) is 24.1. The number of unbranched alkanes of at least 4 members (excludes halogenated alkanes) is 1. The number of ether oxygens (including phenoxy) is 3. The largest absolute Gasteiger partial charge is 0.494 e. The molecule has 1 amide bonds. The van der Waals surface area contributed by atoms with Gasteiger partial charge in [-0.1, -0.05) is 50.6 Å². The molecular formula is C52H60FN3O7. The number of nitrogens with one attached hydrogen (secondary N) is 1. The van der Waals surface area contributed by atoms with Crippen LogP contribution < -0.4 is 4.74 Å². The van der Waals surface area contributed by atoms with Crippen molar-refractivity contribution in [3.05, 3.63) is 128 Å². The molecule has 0 saturated heterocycles. The number of hydrogen-bond acceptors (Lipinski definition) is 7. The Morgan fingerprint density at radius 2 is 1.70 bits per heavy atom. The Hall–Kier alpha value is -5.39. The Labute approximate surface area is 369 Å². The number of carbonyl (C=O) groups is 2. The second kappa shape index (κ2) is 19.6. The number of halogens is 1. The third kappa shape index (κ3) is 9.90. The van der Waals surface area contributed by atoms with Gasteiger partial charge in [-0.3, -0.25) is 19.7 Å². The molecule has 3 aliphatic carbocycles. The van der Waals surface area contributed by atoms with Gasteiger partial charge in [0.1, 0.15) is 11.6 Å². The molecular weight excluding hydrogens is 798 g/mol. The second-order valence-electron chi connectivity index (χ2n) is 18.3. The monoisotopic (exact) mass is 857 g/mol. The number of hydrogen-bond donors (Lipinski definition) is 1. The van der Waals surface area contributed by atoms with E-state index in [1.165, 1.54) is 23.3 Å². The van der Waals surface area contributed by atoms with Gasteiger partial charge in [0, 0.05) is 66.0 Å². The fraction of sp³-hybridized carbons (Fsp3) is 0.462. The van der Waals surface area contributed by atoms with Crippen LogP contribution in [0.4, 0.5) is 10.1 Å². The lowest BCUT2D eigenvalue weighted by molar-refractivity contribution is -0.385. The number of nitrogens with zero attached hydrogens (tertiary/aromatic N) is 2. The van der Waals surface area contributed by atoms with Crippen LogP contribution in [0.5, 0.6) is 5.75 Å². The van der Waals surface area contributed by atoms with Gasteiger partial charge in [-0.05, 0) is 146 Å². The van der Waals surface area contributed by atoms with Gasteiger partial charge in [0.2, 0.25) is 0 Å². The fourth-order valence-corrected chi connectivity index (χ4v) is 10.7. The van der Waals surface area contributed by atoms with Gasteiger partial charge in [-0.2, -0.15) is 0 Å². The number of fused-ring (bicyclic) bond motifs is 3. The smallest absolute Gasteiger partial charge is 0.269 e. The molecule has 0 radical (unpaired) electrons. The first-order chi connectivity index (χ1) is 30.5. The number of amides is 1. The Morgan fingerprint density at radius 3 is 2.46 bits per heavy atom. The van der Waals surface area contributed by atoms with Crippen molar-refractivity contribution >= 4 is 28.3 Å². The van der Waals surface area contributed by atoms with Crippen LogP contribution >= 0.6 is 0 Å². The number of aryl methyl sites for hydroxylation is 2. The summed E-state index contributed by atoms with van der Waals surface area (Å²) in [7, 11) is 0. The Morgan fingerprint density at radius 1 is 0.921 bits per heavy atom. The summed E-state index contributed by atoms with van der Waals surface area (Å²) < 4.78 is 32.0. The first-order valence-electron chi connectivity index (χ1n) is 22.9. The summed E-state index contributed by atoms with van der Waals surface area (Å²) in [5.41, 5.74) is 8.40. The number of Topliss-reactive ketones (excluding diaryl/α,β-unsaturated/α-hetero) is 1. The average molecular weight is 858 g/mol. The van der Waals surface area contributed by atoms with Gasteiger partial charge in [-0.15, -0.1) is 0 Å². The van der Waals surface area contributed by atoms with Crippen LogP contribution in [0.2, 0.25) is 0 Å². The normalized spacial score (nSPS) is 18.2. The van der Waals surface area contributed by atoms with Gasteiger partial charge < -0.3 is 24.1 Å². The standard InChI is InChI=1S/C52H60FN3O7/c1-4-63-40-22-19-36(20-23-40)51(58)55(33-52(2,3)46-29-37-18-21-39(56(59)60)32-44(37)41-10-7-11-42(41)46)24-26-62-28-27-61-25-6-5-9-34-14-16-35(17-15-34)50-43-12-8-13-48(57)45-30-38(53)31-47(54-50)49(43)45/h14-23,30-32,41-42,46,54H,4-13,24-29,33H2,1-3H3. The first-order valence-corrected chi connectivity index (χ1v) is 22.9. The molecule has 1 heterocycles. The number of H-pyrrole nitrogens is 1. The maximum absolute atomic E-state index is 14.4. The molecule has 5 aromatic rings. The Kier molecular flexibility index (Phi) is 13.7. The number of non-ortho nitro benzene ring substituents is 1. The van der Waals surface area contributed by atoms with Crippen molar-refractivity contribution in [2.75, 3.05) is 46.1 Å². The minimum atomic E-state index is -0.393. The van der Waals surface area contributed by atoms with E-state index >= 15 is 0 Å². The summed E-state index contributed by atoms with van der Waals surface area (Å²) in [5, 5.41) is 12.5. The molecule has 3 aliphatic rings. The first kappa shape index (κ1) is 44.2.